The van der Waals surface area contributed by atoms with Crippen molar-refractivity contribution in [2.75, 3.05) is 18.2 Å². The molecule has 0 heterocycles. The number of aryl methyl sites for hydroxylation is 1. The zero-order chi connectivity index (χ0) is 13.1. The number of methoxy groups -OCH3 is 1. The fraction of sp³-hybridized carbons (Fsp3) is 0.143. The predicted molar refractivity (Wildman–Crippen MR) is 79.6 cm³/mol. The Hall–Kier alpha value is -1.68. The first-order valence-electron chi connectivity index (χ1n) is 5.57. The van der Waals surface area contributed by atoms with Crippen LogP contribution in [0.1, 0.15) is 5.56 Å². The third-order valence-corrected chi connectivity index (χ3v) is 3.13. The molecule has 0 bridgehead atoms. The van der Waals surface area contributed by atoms with Gasteiger partial charge in [-0.25, -0.2) is 0 Å². The molecule has 0 amide bonds. The van der Waals surface area contributed by atoms with Crippen molar-refractivity contribution in [3.05, 3.63) is 46.4 Å². The summed E-state index contributed by atoms with van der Waals surface area (Å²) in [7, 11) is 1.65. The Labute approximate surface area is 115 Å². The highest BCUT2D eigenvalue weighted by Crippen LogP contribution is 2.32. The molecular weight excluding hydrogens is 292 g/mol. The van der Waals surface area contributed by atoms with Crippen molar-refractivity contribution in [2.45, 2.75) is 6.92 Å². The van der Waals surface area contributed by atoms with Crippen molar-refractivity contribution in [3.8, 4) is 5.75 Å². The SMILES string of the molecule is COc1ccc(C)cc1Nc1ccc(Br)cc1N. The second-order valence-corrected chi connectivity index (χ2v) is 4.98. The number of halogens is 1. The third kappa shape index (κ3) is 2.76. The minimum absolute atomic E-state index is 0.688. The topological polar surface area (TPSA) is 47.3 Å². The maximum atomic E-state index is 5.97. The van der Waals surface area contributed by atoms with E-state index in [1.807, 2.05) is 43.3 Å². The van der Waals surface area contributed by atoms with Crippen molar-refractivity contribution in [2.24, 2.45) is 0 Å². The average Bonchev–Trinajstić information content (AvgIpc) is 2.33. The molecule has 4 heteroatoms. The van der Waals surface area contributed by atoms with Gasteiger partial charge in [0, 0.05) is 4.47 Å². The molecule has 0 radical (unpaired) electrons. The smallest absolute Gasteiger partial charge is 0.142 e. The van der Waals surface area contributed by atoms with Crippen LogP contribution in [0.4, 0.5) is 17.1 Å². The van der Waals surface area contributed by atoms with Crippen LogP contribution in [0.2, 0.25) is 0 Å². The number of anilines is 3. The molecule has 0 saturated heterocycles. The van der Waals surface area contributed by atoms with E-state index in [2.05, 4.69) is 21.2 Å². The first-order valence-corrected chi connectivity index (χ1v) is 6.36. The van der Waals surface area contributed by atoms with Crippen molar-refractivity contribution in [1.82, 2.24) is 0 Å². The summed E-state index contributed by atoms with van der Waals surface area (Å²) < 4.78 is 6.28. The van der Waals surface area contributed by atoms with E-state index in [0.29, 0.717) is 5.69 Å². The third-order valence-electron chi connectivity index (χ3n) is 2.64. The number of nitrogens with one attached hydrogen (secondary N) is 1. The molecular formula is C14H15BrN2O. The second-order valence-electron chi connectivity index (χ2n) is 4.06. The molecule has 3 N–H and O–H groups in total. The van der Waals surface area contributed by atoms with Crippen LogP contribution in [0.25, 0.3) is 0 Å². The molecule has 2 aromatic rings. The van der Waals surface area contributed by atoms with Gasteiger partial charge in [-0.15, -0.1) is 0 Å². The van der Waals surface area contributed by atoms with Gasteiger partial charge in [-0.3, -0.25) is 0 Å². The lowest BCUT2D eigenvalue weighted by molar-refractivity contribution is 0.416. The summed E-state index contributed by atoms with van der Waals surface area (Å²) in [6.07, 6.45) is 0. The van der Waals surface area contributed by atoms with E-state index < -0.39 is 0 Å². The van der Waals surface area contributed by atoms with Crippen LogP contribution in [-0.4, -0.2) is 7.11 Å². The van der Waals surface area contributed by atoms with Crippen molar-refractivity contribution < 1.29 is 4.74 Å². The molecule has 0 aliphatic rings. The monoisotopic (exact) mass is 306 g/mol. The van der Waals surface area contributed by atoms with Crippen LogP contribution in [0.5, 0.6) is 5.75 Å². The standard InChI is InChI=1S/C14H15BrN2O/c1-9-3-6-14(18-2)13(7-9)17-12-5-4-10(15)8-11(12)16/h3-8,17H,16H2,1-2H3. The van der Waals surface area contributed by atoms with E-state index in [1.54, 1.807) is 7.11 Å². The van der Waals surface area contributed by atoms with Gasteiger partial charge < -0.3 is 15.8 Å². The van der Waals surface area contributed by atoms with Gasteiger partial charge in [-0.1, -0.05) is 22.0 Å². The Morgan fingerprint density at radius 3 is 2.56 bits per heavy atom. The van der Waals surface area contributed by atoms with Crippen LogP contribution in [0.15, 0.2) is 40.9 Å². The molecule has 0 atom stereocenters. The van der Waals surface area contributed by atoms with Gasteiger partial charge in [-0.2, -0.15) is 0 Å². The van der Waals surface area contributed by atoms with E-state index in [9.17, 15) is 0 Å². The van der Waals surface area contributed by atoms with Crippen LogP contribution < -0.4 is 15.8 Å². The Morgan fingerprint density at radius 1 is 1.11 bits per heavy atom. The van der Waals surface area contributed by atoms with E-state index >= 15 is 0 Å². The van der Waals surface area contributed by atoms with Crippen LogP contribution in [-0.2, 0) is 0 Å². The number of rotatable bonds is 3. The fourth-order valence-corrected chi connectivity index (χ4v) is 2.09. The lowest BCUT2D eigenvalue weighted by Gasteiger charge is -2.13. The molecule has 0 unspecified atom stereocenters. The van der Waals surface area contributed by atoms with Gasteiger partial charge in [0.05, 0.1) is 24.2 Å². The summed E-state index contributed by atoms with van der Waals surface area (Å²) in [6.45, 7) is 2.04. The Balaban J connectivity index is 2.36. The first-order chi connectivity index (χ1) is 8.60. The molecule has 94 valence electrons. The molecule has 0 saturated carbocycles. The van der Waals surface area contributed by atoms with Crippen molar-refractivity contribution >= 4 is 33.0 Å². The highest BCUT2D eigenvalue weighted by Gasteiger charge is 2.06. The summed E-state index contributed by atoms with van der Waals surface area (Å²) in [5, 5.41) is 3.29. The molecule has 18 heavy (non-hydrogen) atoms. The molecule has 0 aliphatic carbocycles. The number of nitrogens with two attached hydrogens (primary N) is 1. The molecule has 3 nitrogen and oxygen atoms in total. The zero-order valence-electron chi connectivity index (χ0n) is 10.3. The lowest BCUT2D eigenvalue weighted by atomic mass is 10.2. The maximum Gasteiger partial charge on any atom is 0.142 e. The average molecular weight is 307 g/mol. The number of benzene rings is 2. The lowest BCUT2D eigenvalue weighted by Crippen LogP contribution is -1.98. The van der Waals surface area contributed by atoms with Crippen molar-refractivity contribution in [1.29, 1.82) is 0 Å². The molecule has 2 rings (SSSR count). The highest BCUT2D eigenvalue weighted by molar-refractivity contribution is 9.10. The Kier molecular flexibility index (Phi) is 3.77. The summed E-state index contributed by atoms with van der Waals surface area (Å²) in [5.41, 5.74) is 9.59. The molecule has 0 fully saturated rings. The first kappa shape index (κ1) is 12.8. The molecule has 2 aromatic carbocycles. The fourth-order valence-electron chi connectivity index (χ4n) is 1.71. The summed E-state index contributed by atoms with van der Waals surface area (Å²) in [6, 6.07) is 11.7. The van der Waals surface area contributed by atoms with Crippen LogP contribution in [0.3, 0.4) is 0 Å². The minimum atomic E-state index is 0.688. The van der Waals surface area contributed by atoms with Gasteiger partial charge in [-0.05, 0) is 42.8 Å². The quantitative estimate of drug-likeness (QED) is 0.840. The number of ether oxygens (including phenoxy) is 1. The number of nitrogen functional groups attached to an aromatic ring is 1. The van der Waals surface area contributed by atoms with E-state index in [-0.39, 0.29) is 0 Å². The highest BCUT2D eigenvalue weighted by atomic mass is 79.9. The largest absolute Gasteiger partial charge is 0.495 e. The van der Waals surface area contributed by atoms with E-state index in [4.69, 9.17) is 10.5 Å². The summed E-state index contributed by atoms with van der Waals surface area (Å²) in [4.78, 5) is 0. The predicted octanol–water partition coefficient (Wildman–Crippen LogP) is 4.09. The molecule has 0 aromatic heterocycles. The second kappa shape index (κ2) is 5.31. The zero-order valence-corrected chi connectivity index (χ0v) is 11.9. The molecule has 0 spiro atoms. The van der Waals surface area contributed by atoms with Crippen LogP contribution in [0, 0.1) is 6.92 Å². The van der Waals surface area contributed by atoms with E-state index in [1.165, 1.54) is 0 Å². The molecule has 0 aliphatic heterocycles. The minimum Gasteiger partial charge on any atom is -0.495 e. The van der Waals surface area contributed by atoms with Gasteiger partial charge in [0.25, 0.3) is 0 Å². The maximum absolute atomic E-state index is 5.97. The van der Waals surface area contributed by atoms with Crippen molar-refractivity contribution in [3.63, 3.8) is 0 Å². The summed E-state index contributed by atoms with van der Waals surface area (Å²) in [5.74, 6) is 0.794. The van der Waals surface area contributed by atoms with Gasteiger partial charge in [0.2, 0.25) is 0 Å². The van der Waals surface area contributed by atoms with Gasteiger partial charge >= 0.3 is 0 Å². The normalized spacial score (nSPS) is 10.2. The van der Waals surface area contributed by atoms with Crippen LogP contribution >= 0.6 is 15.9 Å². The Morgan fingerprint density at radius 2 is 1.89 bits per heavy atom. The number of hydrogen-bond acceptors (Lipinski definition) is 3. The van der Waals surface area contributed by atoms with Gasteiger partial charge in [0.1, 0.15) is 5.75 Å². The van der Waals surface area contributed by atoms with E-state index in [0.717, 1.165) is 27.2 Å². The number of hydrogen-bond donors (Lipinski definition) is 2. The summed E-state index contributed by atoms with van der Waals surface area (Å²) >= 11 is 3.39. The van der Waals surface area contributed by atoms with Gasteiger partial charge in [0.15, 0.2) is 0 Å². The Bertz CT molecular complexity index is 570.